The van der Waals surface area contributed by atoms with Crippen molar-refractivity contribution in [2.24, 2.45) is 5.92 Å². The molecule has 0 saturated carbocycles. The minimum Gasteiger partial charge on any atom is -0.494 e. The van der Waals surface area contributed by atoms with Crippen molar-refractivity contribution in [3.8, 4) is 16.9 Å². The summed E-state index contributed by atoms with van der Waals surface area (Å²) in [4.78, 5) is 0. The number of unbranched alkanes of at least 4 members (excludes halogenated alkanes) is 2. The molecule has 0 heterocycles. The molecule has 0 aliphatic heterocycles. The largest absolute Gasteiger partial charge is 0.494 e. The number of rotatable bonds is 10. The lowest BCUT2D eigenvalue weighted by atomic mass is 9.83. The Morgan fingerprint density at radius 2 is 1.64 bits per heavy atom. The second-order valence-corrected chi connectivity index (χ2v) is 9.81. The van der Waals surface area contributed by atoms with Crippen LogP contribution in [0.4, 0.5) is 13.2 Å². The quantitative estimate of drug-likeness (QED) is 0.256. The fourth-order valence-corrected chi connectivity index (χ4v) is 5.07. The van der Waals surface area contributed by atoms with Crippen molar-refractivity contribution in [2.75, 3.05) is 7.11 Å². The van der Waals surface area contributed by atoms with Gasteiger partial charge in [-0.3, -0.25) is 0 Å². The molecular formula is C32H35F3O. The maximum Gasteiger partial charge on any atom is 0.166 e. The van der Waals surface area contributed by atoms with Gasteiger partial charge in [0.2, 0.25) is 0 Å². The molecule has 190 valence electrons. The van der Waals surface area contributed by atoms with E-state index in [1.165, 1.54) is 31.6 Å². The van der Waals surface area contributed by atoms with E-state index in [0.29, 0.717) is 29.0 Å². The van der Waals surface area contributed by atoms with Gasteiger partial charge < -0.3 is 4.74 Å². The van der Waals surface area contributed by atoms with Crippen molar-refractivity contribution in [2.45, 2.75) is 64.7 Å². The third kappa shape index (κ3) is 6.21. The Labute approximate surface area is 213 Å². The molecule has 3 aromatic carbocycles. The fourth-order valence-electron chi connectivity index (χ4n) is 5.07. The molecule has 0 amide bonds. The van der Waals surface area contributed by atoms with Crippen LogP contribution in [0.1, 0.15) is 68.6 Å². The summed E-state index contributed by atoms with van der Waals surface area (Å²) in [5.41, 5.74) is 4.69. The van der Waals surface area contributed by atoms with E-state index >= 15 is 0 Å². The summed E-state index contributed by atoms with van der Waals surface area (Å²) in [5.74, 6) is -1.22. The van der Waals surface area contributed by atoms with Gasteiger partial charge in [0.15, 0.2) is 23.2 Å². The Bertz CT molecular complexity index is 1200. The predicted octanol–water partition coefficient (Wildman–Crippen LogP) is 9.33. The fraction of sp³-hybridized carbons (Fsp3) is 0.375. The summed E-state index contributed by atoms with van der Waals surface area (Å²) < 4.78 is 49.0. The van der Waals surface area contributed by atoms with Gasteiger partial charge in [-0.1, -0.05) is 68.3 Å². The van der Waals surface area contributed by atoms with Crippen LogP contribution < -0.4 is 4.74 Å². The molecule has 0 radical (unpaired) electrons. The second-order valence-electron chi connectivity index (χ2n) is 9.81. The number of aryl methyl sites for hydroxylation is 2. The molecule has 36 heavy (non-hydrogen) atoms. The Morgan fingerprint density at radius 3 is 2.31 bits per heavy atom. The molecule has 1 unspecified atom stereocenters. The van der Waals surface area contributed by atoms with Crippen molar-refractivity contribution >= 4 is 5.57 Å². The summed E-state index contributed by atoms with van der Waals surface area (Å²) in [6, 6.07) is 16.3. The van der Waals surface area contributed by atoms with Crippen LogP contribution in [0.5, 0.6) is 5.75 Å². The first-order valence-corrected chi connectivity index (χ1v) is 13.1. The summed E-state index contributed by atoms with van der Waals surface area (Å²) in [5, 5.41) is 0. The number of ether oxygens (including phenoxy) is 1. The van der Waals surface area contributed by atoms with Crippen LogP contribution in [0.25, 0.3) is 16.7 Å². The van der Waals surface area contributed by atoms with Gasteiger partial charge in [-0.15, -0.1) is 0 Å². The lowest BCUT2D eigenvalue weighted by Crippen LogP contribution is -2.08. The number of halogens is 3. The zero-order valence-corrected chi connectivity index (χ0v) is 21.3. The van der Waals surface area contributed by atoms with Crippen LogP contribution >= 0.6 is 0 Å². The first-order chi connectivity index (χ1) is 17.5. The molecule has 4 heteroatoms. The third-order valence-electron chi connectivity index (χ3n) is 7.36. The molecule has 1 nitrogen and oxygen atoms in total. The van der Waals surface area contributed by atoms with E-state index in [2.05, 4.69) is 13.0 Å². The van der Waals surface area contributed by atoms with Crippen LogP contribution in [0, 0.1) is 23.4 Å². The van der Waals surface area contributed by atoms with Crippen molar-refractivity contribution in [3.63, 3.8) is 0 Å². The topological polar surface area (TPSA) is 9.23 Å². The number of allylic oxidation sites excluding steroid dienone is 2. The second kappa shape index (κ2) is 12.3. The van der Waals surface area contributed by atoms with Crippen molar-refractivity contribution < 1.29 is 17.9 Å². The van der Waals surface area contributed by atoms with Gasteiger partial charge in [-0.2, -0.15) is 0 Å². The third-order valence-corrected chi connectivity index (χ3v) is 7.36. The first kappa shape index (κ1) is 26.1. The molecule has 0 aromatic heterocycles. The van der Waals surface area contributed by atoms with Gasteiger partial charge in [0.25, 0.3) is 0 Å². The maximum atomic E-state index is 15.0. The highest BCUT2D eigenvalue weighted by molar-refractivity contribution is 5.67. The smallest absolute Gasteiger partial charge is 0.166 e. The molecule has 0 fully saturated rings. The van der Waals surface area contributed by atoms with Crippen molar-refractivity contribution in [1.29, 1.82) is 0 Å². The molecule has 1 aliphatic carbocycles. The number of methoxy groups -OCH3 is 1. The highest BCUT2D eigenvalue weighted by atomic mass is 19.2. The minimum absolute atomic E-state index is 0.243. The van der Waals surface area contributed by atoms with Crippen molar-refractivity contribution in [3.05, 3.63) is 94.8 Å². The van der Waals surface area contributed by atoms with E-state index in [-0.39, 0.29) is 11.6 Å². The van der Waals surface area contributed by atoms with Crippen molar-refractivity contribution in [1.82, 2.24) is 0 Å². The first-order valence-electron chi connectivity index (χ1n) is 13.1. The molecule has 1 aliphatic rings. The average molecular weight is 493 g/mol. The zero-order valence-electron chi connectivity index (χ0n) is 21.3. The van der Waals surface area contributed by atoms with Crippen LogP contribution in [0.2, 0.25) is 0 Å². The van der Waals surface area contributed by atoms with E-state index < -0.39 is 11.6 Å². The molecular weight excluding hydrogens is 457 g/mol. The van der Waals surface area contributed by atoms with Gasteiger partial charge in [0.1, 0.15) is 0 Å². The van der Waals surface area contributed by atoms with Gasteiger partial charge in [-0.25, -0.2) is 13.2 Å². The SMILES string of the molecule is CCCCCc1ccc(-c2ccc(CCC3CC=C(c4ccc(OC)c(F)c4)CC3)c(F)c2F)cc1. The van der Waals surface area contributed by atoms with Crippen LogP contribution in [0.15, 0.2) is 60.7 Å². The molecule has 0 spiro atoms. The average Bonchev–Trinajstić information content (AvgIpc) is 2.90. The van der Waals surface area contributed by atoms with E-state index in [4.69, 9.17) is 4.74 Å². The summed E-state index contributed by atoms with van der Waals surface area (Å²) in [7, 11) is 1.46. The highest BCUT2D eigenvalue weighted by Crippen LogP contribution is 2.35. The molecule has 4 rings (SSSR count). The molecule has 3 aromatic rings. The van der Waals surface area contributed by atoms with E-state index in [1.54, 1.807) is 18.2 Å². The Kier molecular flexibility index (Phi) is 8.90. The van der Waals surface area contributed by atoms with E-state index in [1.807, 2.05) is 30.3 Å². The zero-order chi connectivity index (χ0) is 25.5. The molecule has 0 saturated heterocycles. The number of hydrogen-bond acceptors (Lipinski definition) is 1. The Balaban J connectivity index is 1.36. The lowest BCUT2D eigenvalue weighted by Gasteiger charge is -2.22. The summed E-state index contributed by atoms with van der Waals surface area (Å²) in [6.45, 7) is 2.18. The summed E-state index contributed by atoms with van der Waals surface area (Å²) in [6.07, 6.45) is 10.6. The lowest BCUT2D eigenvalue weighted by molar-refractivity contribution is 0.386. The number of hydrogen-bond donors (Lipinski definition) is 0. The number of benzene rings is 3. The van der Waals surface area contributed by atoms with E-state index in [0.717, 1.165) is 49.7 Å². The van der Waals surface area contributed by atoms with Crippen LogP contribution in [-0.2, 0) is 12.8 Å². The van der Waals surface area contributed by atoms with Gasteiger partial charge in [0.05, 0.1) is 7.11 Å². The molecule has 1 atom stereocenters. The predicted molar refractivity (Wildman–Crippen MR) is 142 cm³/mol. The normalized spacial score (nSPS) is 15.6. The monoisotopic (exact) mass is 492 g/mol. The van der Waals surface area contributed by atoms with Gasteiger partial charge in [-0.05, 0) is 90.8 Å². The standard InChI is InChI=1S/C32H35F3O/c1-3-4-5-6-22-9-14-25(15-10-22)28-19-17-26(31(34)32(28)35)16-11-23-7-12-24(13-8-23)27-18-20-30(36-2)29(33)21-27/h9-10,12,14-15,17-21,23H,3-8,11,13,16H2,1-2H3. The van der Waals surface area contributed by atoms with Crippen LogP contribution in [0.3, 0.4) is 0 Å². The van der Waals surface area contributed by atoms with Crippen LogP contribution in [-0.4, -0.2) is 7.11 Å². The molecule has 0 bridgehead atoms. The summed E-state index contributed by atoms with van der Waals surface area (Å²) >= 11 is 0. The van der Waals surface area contributed by atoms with Gasteiger partial charge in [0, 0.05) is 5.56 Å². The maximum absolute atomic E-state index is 15.0. The molecule has 0 N–H and O–H groups in total. The van der Waals surface area contributed by atoms with E-state index in [9.17, 15) is 13.2 Å². The minimum atomic E-state index is -0.765. The van der Waals surface area contributed by atoms with Gasteiger partial charge >= 0.3 is 0 Å². The highest BCUT2D eigenvalue weighted by Gasteiger charge is 2.19. The Hall–Kier alpha value is -3.01. The Morgan fingerprint density at radius 1 is 0.861 bits per heavy atom.